The molecule has 208 valence electrons. The monoisotopic (exact) mass is 562 g/mol. The average molecular weight is 563 g/mol. The van der Waals surface area contributed by atoms with Crippen molar-refractivity contribution in [3.05, 3.63) is 163 Å². The second-order valence-corrected chi connectivity index (χ2v) is 11.7. The molecule has 1 aliphatic rings. The first-order valence-corrected chi connectivity index (χ1v) is 15.4. The third kappa shape index (κ3) is 3.88. The van der Waals surface area contributed by atoms with Crippen LogP contribution in [0.5, 0.6) is 0 Å². The first-order valence-electron chi connectivity index (χ1n) is 15.4. The van der Waals surface area contributed by atoms with E-state index >= 15 is 0 Å². The molecule has 0 N–H and O–H groups in total. The molecule has 0 saturated carbocycles. The fourth-order valence-electron chi connectivity index (χ4n) is 7.16. The smallest absolute Gasteiger partial charge is 0.0548 e. The van der Waals surface area contributed by atoms with Gasteiger partial charge in [0.2, 0.25) is 0 Å². The Balaban J connectivity index is 1.38. The second-order valence-electron chi connectivity index (χ2n) is 11.7. The standard InChI is InChI=1S/C42H30N2/c1-4-14-29(15-5-1)31-24-32(30-16-6-2-7-17-30)26-34(25-31)44-40-23-13-11-21-36(40)38-27-41-37(28-42(38)44)35-20-10-12-22-39(35)43(41)33-18-8-3-9-19-33/h1-10,12-20,22-28H,11,21H2. The van der Waals surface area contributed by atoms with Crippen molar-refractivity contribution < 1.29 is 0 Å². The van der Waals surface area contributed by atoms with E-state index in [-0.39, 0.29) is 0 Å². The van der Waals surface area contributed by atoms with E-state index in [1.54, 1.807) is 0 Å². The SMILES string of the molecule is C1=Cc2c(c3cc4c(cc3n2-c2cc(-c3ccccc3)cc(-c3ccccc3)c2)c2ccccc2n4-c2ccccc2)CC1. The van der Waals surface area contributed by atoms with Crippen LogP contribution < -0.4 is 0 Å². The normalized spacial score (nSPS) is 12.7. The van der Waals surface area contributed by atoms with Gasteiger partial charge >= 0.3 is 0 Å². The van der Waals surface area contributed by atoms with E-state index in [2.05, 4.69) is 167 Å². The van der Waals surface area contributed by atoms with Crippen molar-refractivity contribution >= 4 is 38.8 Å². The summed E-state index contributed by atoms with van der Waals surface area (Å²) in [5.41, 5.74) is 13.7. The lowest BCUT2D eigenvalue weighted by Crippen LogP contribution is -2.01. The first-order chi connectivity index (χ1) is 21.8. The Morgan fingerprint density at radius 3 is 1.70 bits per heavy atom. The fourth-order valence-corrected chi connectivity index (χ4v) is 7.16. The quantitative estimate of drug-likeness (QED) is 0.202. The van der Waals surface area contributed by atoms with Crippen molar-refractivity contribution in [3.63, 3.8) is 0 Å². The molecule has 2 heteroatoms. The summed E-state index contributed by atoms with van der Waals surface area (Å²) < 4.78 is 4.93. The van der Waals surface area contributed by atoms with Crippen LogP contribution in [-0.4, -0.2) is 9.13 Å². The maximum atomic E-state index is 2.51. The van der Waals surface area contributed by atoms with Crippen molar-refractivity contribution in [1.82, 2.24) is 9.13 Å². The van der Waals surface area contributed by atoms with Crippen LogP contribution in [0.2, 0.25) is 0 Å². The van der Waals surface area contributed by atoms with Gasteiger partial charge in [-0.05, 0) is 95.3 Å². The number of fused-ring (bicyclic) bond motifs is 6. The number of rotatable bonds is 4. The van der Waals surface area contributed by atoms with Gasteiger partial charge in [-0.2, -0.15) is 0 Å². The summed E-state index contributed by atoms with van der Waals surface area (Å²) in [6.07, 6.45) is 6.77. The highest BCUT2D eigenvalue weighted by Gasteiger charge is 2.22. The first kappa shape index (κ1) is 24.9. The minimum absolute atomic E-state index is 1.04. The molecule has 0 radical (unpaired) electrons. The van der Waals surface area contributed by atoms with Crippen LogP contribution in [0.1, 0.15) is 17.7 Å². The van der Waals surface area contributed by atoms with E-state index in [4.69, 9.17) is 0 Å². The Labute approximate surface area is 256 Å². The van der Waals surface area contributed by atoms with Crippen LogP contribution in [0.4, 0.5) is 0 Å². The van der Waals surface area contributed by atoms with Crippen molar-refractivity contribution in [3.8, 4) is 33.6 Å². The topological polar surface area (TPSA) is 9.86 Å². The van der Waals surface area contributed by atoms with Gasteiger partial charge in [-0.15, -0.1) is 0 Å². The van der Waals surface area contributed by atoms with Gasteiger partial charge in [0.15, 0.2) is 0 Å². The van der Waals surface area contributed by atoms with E-state index in [0.29, 0.717) is 0 Å². The van der Waals surface area contributed by atoms with Gasteiger partial charge in [-0.3, -0.25) is 0 Å². The van der Waals surface area contributed by atoms with Crippen LogP contribution in [0.3, 0.4) is 0 Å². The number of aryl methyl sites for hydroxylation is 1. The lowest BCUT2D eigenvalue weighted by atomic mass is 9.97. The number of hydrogen-bond acceptors (Lipinski definition) is 0. The van der Waals surface area contributed by atoms with Gasteiger partial charge in [-0.25, -0.2) is 0 Å². The molecular formula is C42H30N2. The second kappa shape index (κ2) is 10.00. The zero-order valence-electron chi connectivity index (χ0n) is 24.3. The third-order valence-corrected chi connectivity index (χ3v) is 9.15. The van der Waals surface area contributed by atoms with Crippen molar-refractivity contribution in [1.29, 1.82) is 0 Å². The van der Waals surface area contributed by atoms with Gasteiger partial charge in [0.1, 0.15) is 0 Å². The van der Waals surface area contributed by atoms with Crippen LogP contribution in [0, 0.1) is 0 Å². The summed E-state index contributed by atoms with van der Waals surface area (Å²) in [5.74, 6) is 0. The van der Waals surface area contributed by atoms with Crippen molar-refractivity contribution in [2.45, 2.75) is 12.8 Å². The highest BCUT2D eigenvalue weighted by Crippen LogP contribution is 2.41. The molecule has 9 rings (SSSR count). The van der Waals surface area contributed by atoms with Crippen LogP contribution >= 0.6 is 0 Å². The van der Waals surface area contributed by atoms with Crippen molar-refractivity contribution in [2.75, 3.05) is 0 Å². The number of allylic oxidation sites excluding steroid dienone is 1. The number of hydrogen-bond donors (Lipinski definition) is 0. The molecule has 0 fully saturated rings. The maximum absolute atomic E-state index is 2.51. The summed E-state index contributed by atoms with van der Waals surface area (Å²) in [7, 11) is 0. The van der Waals surface area contributed by atoms with Gasteiger partial charge in [0.05, 0.1) is 16.6 Å². The van der Waals surface area contributed by atoms with Crippen LogP contribution in [0.15, 0.2) is 152 Å². The van der Waals surface area contributed by atoms with Crippen molar-refractivity contribution in [2.24, 2.45) is 0 Å². The minimum atomic E-state index is 1.04. The summed E-state index contributed by atoms with van der Waals surface area (Å²) in [4.78, 5) is 0. The minimum Gasteiger partial charge on any atom is -0.310 e. The summed E-state index contributed by atoms with van der Waals surface area (Å²) in [5, 5.41) is 3.89. The van der Waals surface area contributed by atoms with Gasteiger partial charge in [0, 0.05) is 33.2 Å². The molecule has 0 amide bonds. The predicted molar refractivity (Wildman–Crippen MR) is 186 cm³/mol. The molecule has 6 aromatic carbocycles. The molecule has 2 heterocycles. The van der Waals surface area contributed by atoms with E-state index in [0.717, 1.165) is 12.8 Å². The number of aromatic nitrogens is 2. The summed E-state index contributed by atoms with van der Waals surface area (Å²) in [6, 6.07) is 53.0. The fraction of sp³-hybridized carbons (Fsp3) is 0.0476. The molecule has 8 aromatic rings. The maximum Gasteiger partial charge on any atom is 0.0548 e. The van der Waals surface area contributed by atoms with Gasteiger partial charge in [-0.1, -0.05) is 103 Å². The number of benzene rings is 6. The van der Waals surface area contributed by atoms with Crippen LogP contribution in [-0.2, 0) is 6.42 Å². The average Bonchev–Trinajstić information content (AvgIpc) is 3.60. The molecule has 0 spiro atoms. The Morgan fingerprint density at radius 2 is 1.00 bits per heavy atom. The Kier molecular flexibility index (Phi) is 5.67. The molecule has 44 heavy (non-hydrogen) atoms. The van der Waals surface area contributed by atoms with Crippen LogP contribution in [0.25, 0.3) is 72.4 Å². The molecule has 2 aromatic heterocycles. The summed E-state index contributed by atoms with van der Waals surface area (Å²) in [6.45, 7) is 0. The van der Waals surface area contributed by atoms with E-state index in [1.165, 1.54) is 77.6 Å². The molecule has 2 nitrogen and oxygen atoms in total. The highest BCUT2D eigenvalue weighted by atomic mass is 15.0. The Hall–Kier alpha value is -5.60. The molecular weight excluding hydrogens is 532 g/mol. The Morgan fingerprint density at radius 1 is 0.409 bits per heavy atom. The predicted octanol–water partition coefficient (Wildman–Crippen LogP) is 11.0. The zero-order chi connectivity index (χ0) is 29.0. The summed E-state index contributed by atoms with van der Waals surface area (Å²) >= 11 is 0. The number of para-hydroxylation sites is 2. The molecule has 0 bridgehead atoms. The molecule has 0 saturated heterocycles. The molecule has 1 aliphatic carbocycles. The lowest BCUT2D eigenvalue weighted by molar-refractivity contribution is 0.968. The van der Waals surface area contributed by atoms with E-state index in [1.807, 2.05) is 0 Å². The van der Waals surface area contributed by atoms with Gasteiger partial charge in [0.25, 0.3) is 0 Å². The Bertz CT molecular complexity index is 2300. The molecule has 0 aliphatic heterocycles. The van der Waals surface area contributed by atoms with Gasteiger partial charge < -0.3 is 9.13 Å². The molecule has 0 unspecified atom stereocenters. The zero-order valence-corrected chi connectivity index (χ0v) is 24.3. The highest BCUT2D eigenvalue weighted by molar-refractivity contribution is 6.14. The molecule has 0 atom stereocenters. The number of nitrogens with zero attached hydrogens (tertiary/aromatic N) is 2. The van der Waals surface area contributed by atoms with E-state index in [9.17, 15) is 0 Å². The lowest BCUT2D eigenvalue weighted by Gasteiger charge is -2.16. The largest absolute Gasteiger partial charge is 0.310 e. The third-order valence-electron chi connectivity index (χ3n) is 9.15. The van der Waals surface area contributed by atoms with E-state index < -0.39 is 0 Å².